The van der Waals surface area contributed by atoms with Crippen LogP contribution in [0.25, 0.3) is 0 Å². The number of amides is 1. The van der Waals surface area contributed by atoms with Gasteiger partial charge >= 0.3 is 12.1 Å². The lowest BCUT2D eigenvalue weighted by Gasteiger charge is -2.04. The van der Waals surface area contributed by atoms with E-state index in [0.29, 0.717) is 11.4 Å². The number of nitrogens with two attached hydrogens (primary N) is 1. The Labute approximate surface area is 97.2 Å². The van der Waals surface area contributed by atoms with Gasteiger partial charge in [-0.05, 0) is 18.2 Å². The molecule has 1 aromatic heterocycles. The van der Waals surface area contributed by atoms with E-state index in [1.54, 1.807) is 31.3 Å². The van der Waals surface area contributed by atoms with E-state index >= 15 is 0 Å². The van der Waals surface area contributed by atoms with Gasteiger partial charge in [0.1, 0.15) is 6.33 Å². The first-order chi connectivity index (χ1) is 8.13. The van der Waals surface area contributed by atoms with Crippen LogP contribution in [0.1, 0.15) is 0 Å². The zero-order chi connectivity index (χ0) is 12.3. The van der Waals surface area contributed by atoms with Crippen LogP contribution < -0.4 is 15.8 Å². The Balaban J connectivity index is 1.98. The van der Waals surface area contributed by atoms with Gasteiger partial charge in [-0.25, -0.2) is 4.79 Å². The molecule has 1 aromatic carbocycles. The molecule has 0 aliphatic rings. The summed E-state index contributed by atoms with van der Waals surface area (Å²) in [7, 11) is 1.68. The topological polar surface area (TPSA) is 95.1 Å². The van der Waals surface area contributed by atoms with Crippen LogP contribution in [0, 0.1) is 0 Å². The second-order valence-electron chi connectivity index (χ2n) is 3.34. The second-order valence-corrected chi connectivity index (χ2v) is 3.34. The fourth-order valence-electron chi connectivity index (χ4n) is 1.21. The van der Waals surface area contributed by atoms with Crippen molar-refractivity contribution in [1.29, 1.82) is 0 Å². The standard InChI is InChI=1S/C10H11N5O2/c1-15-6-12-9(14-15)17-10(16)13-8-4-2-3-7(11)5-8/h2-6H,11H2,1H3,(H,13,16). The number of rotatable bonds is 2. The van der Waals surface area contributed by atoms with Crippen LogP contribution in [-0.2, 0) is 7.05 Å². The first-order valence-corrected chi connectivity index (χ1v) is 4.83. The van der Waals surface area contributed by atoms with Crippen LogP contribution in [-0.4, -0.2) is 20.9 Å². The molecule has 0 fully saturated rings. The highest BCUT2D eigenvalue weighted by Gasteiger charge is 2.08. The van der Waals surface area contributed by atoms with E-state index in [-0.39, 0.29) is 6.01 Å². The van der Waals surface area contributed by atoms with Crippen LogP contribution in [0.15, 0.2) is 30.6 Å². The van der Waals surface area contributed by atoms with E-state index in [4.69, 9.17) is 10.5 Å². The van der Waals surface area contributed by atoms with Crippen LogP contribution >= 0.6 is 0 Å². The molecule has 0 radical (unpaired) electrons. The molecular formula is C10H11N5O2. The number of hydrogen-bond acceptors (Lipinski definition) is 5. The summed E-state index contributed by atoms with van der Waals surface area (Å²) in [6.45, 7) is 0. The van der Waals surface area contributed by atoms with E-state index in [9.17, 15) is 4.79 Å². The second kappa shape index (κ2) is 4.52. The van der Waals surface area contributed by atoms with Crippen molar-refractivity contribution in [2.75, 3.05) is 11.1 Å². The van der Waals surface area contributed by atoms with Gasteiger partial charge in [0, 0.05) is 18.4 Å². The fourth-order valence-corrected chi connectivity index (χ4v) is 1.21. The van der Waals surface area contributed by atoms with Gasteiger partial charge in [0.05, 0.1) is 0 Å². The number of nitrogen functional groups attached to an aromatic ring is 1. The Kier molecular flexibility index (Phi) is 2.91. The molecule has 0 aliphatic heterocycles. The zero-order valence-corrected chi connectivity index (χ0v) is 9.12. The van der Waals surface area contributed by atoms with E-state index in [0.717, 1.165) is 0 Å². The maximum absolute atomic E-state index is 11.4. The summed E-state index contributed by atoms with van der Waals surface area (Å²) >= 11 is 0. The Morgan fingerprint density at radius 3 is 3.00 bits per heavy atom. The molecule has 17 heavy (non-hydrogen) atoms. The molecule has 7 nitrogen and oxygen atoms in total. The molecule has 1 amide bonds. The fraction of sp³-hybridized carbons (Fsp3) is 0.100. The lowest BCUT2D eigenvalue weighted by Crippen LogP contribution is -2.17. The van der Waals surface area contributed by atoms with E-state index in [2.05, 4.69) is 15.4 Å². The summed E-state index contributed by atoms with van der Waals surface area (Å²) in [6, 6.07) is 6.76. The van der Waals surface area contributed by atoms with Crippen molar-refractivity contribution in [1.82, 2.24) is 14.8 Å². The predicted octanol–water partition coefficient (Wildman–Crippen LogP) is 1.01. The molecule has 0 bridgehead atoms. The highest BCUT2D eigenvalue weighted by Crippen LogP contribution is 2.12. The normalized spacial score (nSPS) is 9.94. The van der Waals surface area contributed by atoms with Crippen molar-refractivity contribution < 1.29 is 9.53 Å². The van der Waals surface area contributed by atoms with E-state index in [1.165, 1.54) is 11.0 Å². The molecule has 0 spiro atoms. The van der Waals surface area contributed by atoms with Crippen molar-refractivity contribution in [2.45, 2.75) is 0 Å². The van der Waals surface area contributed by atoms with Crippen LogP contribution in [0.4, 0.5) is 16.2 Å². The Hall–Kier alpha value is -2.57. The van der Waals surface area contributed by atoms with Gasteiger partial charge in [0.2, 0.25) is 0 Å². The largest absolute Gasteiger partial charge is 0.419 e. The van der Waals surface area contributed by atoms with Crippen molar-refractivity contribution >= 4 is 17.5 Å². The summed E-state index contributed by atoms with van der Waals surface area (Å²) in [4.78, 5) is 15.2. The minimum atomic E-state index is -0.665. The lowest BCUT2D eigenvalue weighted by atomic mass is 10.3. The molecule has 1 heterocycles. The predicted molar refractivity (Wildman–Crippen MR) is 61.5 cm³/mol. The third-order valence-electron chi connectivity index (χ3n) is 1.90. The number of benzene rings is 1. The zero-order valence-electron chi connectivity index (χ0n) is 9.12. The molecule has 0 saturated heterocycles. The maximum Gasteiger partial charge on any atom is 0.419 e. The summed E-state index contributed by atoms with van der Waals surface area (Å²) in [5, 5.41) is 6.32. The van der Waals surface area contributed by atoms with Crippen LogP contribution in [0.3, 0.4) is 0 Å². The summed E-state index contributed by atoms with van der Waals surface area (Å²) in [5.74, 6) is 0. The Morgan fingerprint density at radius 2 is 2.35 bits per heavy atom. The lowest BCUT2D eigenvalue weighted by molar-refractivity contribution is 0.211. The molecule has 2 aromatic rings. The number of ether oxygens (including phenoxy) is 1. The number of nitrogens with one attached hydrogen (secondary N) is 1. The molecule has 0 saturated carbocycles. The first kappa shape index (κ1) is 10.9. The molecule has 0 atom stereocenters. The summed E-state index contributed by atoms with van der Waals surface area (Å²) in [5.41, 5.74) is 6.67. The number of carbonyl (C=O) groups is 1. The number of anilines is 2. The van der Waals surface area contributed by atoms with Crippen molar-refractivity contribution in [2.24, 2.45) is 7.05 Å². The number of aryl methyl sites for hydroxylation is 1. The number of hydrogen-bond donors (Lipinski definition) is 2. The molecule has 2 rings (SSSR count). The summed E-state index contributed by atoms with van der Waals surface area (Å²) in [6.07, 6.45) is 0.769. The van der Waals surface area contributed by atoms with Crippen LogP contribution in [0.2, 0.25) is 0 Å². The van der Waals surface area contributed by atoms with Gasteiger partial charge in [-0.2, -0.15) is 4.98 Å². The quantitative estimate of drug-likeness (QED) is 0.755. The average Bonchev–Trinajstić information content (AvgIpc) is 2.63. The highest BCUT2D eigenvalue weighted by atomic mass is 16.6. The van der Waals surface area contributed by atoms with Crippen molar-refractivity contribution in [3.05, 3.63) is 30.6 Å². The number of nitrogens with zero attached hydrogens (tertiary/aromatic N) is 3. The Bertz CT molecular complexity index is 537. The first-order valence-electron chi connectivity index (χ1n) is 4.83. The molecule has 0 aliphatic carbocycles. The van der Waals surface area contributed by atoms with E-state index in [1.807, 2.05) is 0 Å². The summed E-state index contributed by atoms with van der Waals surface area (Å²) < 4.78 is 6.28. The van der Waals surface area contributed by atoms with Gasteiger partial charge in [-0.3, -0.25) is 10.00 Å². The number of carbonyl (C=O) groups excluding carboxylic acids is 1. The average molecular weight is 233 g/mol. The van der Waals surface area contributed by atoms with Crippen LogP contribution in [0.5, 0.6) is 6.01 Å². The molecule has 0 unspecified atom stereocenters. The molecule has 7 heteroatoms. The Morgan fingerprint density at radius 1 is 1.53 bits per heavy atom. The van der Waals surface area contributed by atoms with Gasteiger partial charge in [-0.15, -0.1) is 5.10 Å². The molecule has 3 N–H and O–H groups in total. The highest BCUT2D eigenvalue weighted by molar-refractivity contribution is 5.86. The van der Waals surface area contributed by atoms with Gasteiger partial charge in [0.25, 0.3) is 0 Å². The third-order valence-corrected chi connectivity index (χ3v) is 1.90. The number of aromatic nitrogens is 3. The minimum absolute atomic E-state index is 0.00565. The van der Waals surface area contributed by atoms with E-state index < -0.39 is 6.09 Å². The smallest absolute Gasteiger partial charge is 0.399 e. The van der Waals surface area contributed by atoms with Gasteiger partial charge in [0.15, 0.2) is 0 Å². The minimum Gasteiger partial charge on any atom is -0.399 e. The molecule has 88 valence electrons. The van der Waals surface area contributed by atoms with Crippen molar-refractivity contribution in [3.8, 4) is 6.01 Å². The third kappa shape index (κ3) is 2.94. The SMILES string of the molecule is Cn1cnc(OC(=O)Nc2cccc(N)c2)n1. The van der Waals surface area contributed by atoms with Gasteiger partial charge < -0.3 is 10.5 Å². The monoisotopic (exact) mass is 233 g/mol. The maximum atomic E-state index is 11.4. The van der Waals surface area contributed by atoms with Crippen molar-refractivity contribution in [3.63, 3.8) is 0 Å². The van der Waals surface area contributed by atoms with Gasteiger partial charge in [-0.1, -0.05) is 6.07 Å². The molecular weight excluding hydrogens is 222 g/mol.